The zero-order chi connectivity index (χ0) is 26.1. The van der Waals surface area contributed by atoms with Crippen LogP contribution in [0.3, 0.4) is 0 Å². The average Bonchev–Trinajstić information content (AvgIpc) is 3.38. The molecule has 1 N–H and O–H groups in total. The van der Waals surface area contributed by atoms with Crippen LogP contribution in [-0.2, 0) is 6.54 Å². The average molecular weight is 495 g/mol. The molecule has 1 aliphatic heterocycles. The summed E-state index contributed by atoms with van der Waals surface area (Å²) in [5, 5.41) is 7.46. The summed E-state index contributed by atoms with van der Waals surface area (Å²) in [5.41, 5.74) is 7.81. The number of ether oxygens (including phenoxy) is 1. The van der Waals surface area contributed by atoms with Crippen LogP contribution in [0.1, 0.15) is 46.7 Å². The summed E-state index contributed by atoms with van der Waals surface area (Å²) >= 11 is 0. The summed E-state index contributed by atoms with van der Waals surface area (Å²) in [5.74, 6) is 1.53. The lowest BCUT2D eigenvalue weighted by atomic mass is 9.92. The number of amides is 2. The molecule has 3 aromatic carbocycles. The van der Waals surface area contributed by atoms with Crippen molar-refractivity contribution < 1.29 is 14.1 Å². The lowest BCUT2D eigenvalue weighted by molar-refractivity contribution is 0.203. The lowest BCUT2D eigenvalue weighted by Gasteiger charge is -2.35. The van der Waals surface area contributed by atoms with Crippen molar-refractivity contribution in [1.82, 2.24) is 20.4 Å². The maximum atomic E-state index is 13.4. The predicted octanol–water partition coefficient (Wildman–Crippen LogP) is 6.37. The highest BCUT2D eigenvalue weighted by molar-refractivity contribution is 5.87. The van der Waals surface area contributed by atoms with Crippen molar-refractivity contribution in [3.05, 3.63) is 106 Å². The summed E-state index contributed by atoms with van der Waals surface area (Å²) in [6.45, 7) is 8.55. The van der Waals surface area contributed by atoms with Gasteiger partial charge in [0.1, 0.15) is 5.75 Å². The van der Waals surface area contributed by atoms with Gasteiger partial charge in [0.2, 0.25) is 5.82 Å². The predicted molar refractivity (Wildman–Crippen MR) is 143 cm³/mol. The molecular formula is C30H30N4O3. The fraction of sp³-hybridized carbons (Fsp3) is 0.233. The van der Waals surface area contributed by atoms with E-state index in [-0.39, 0.29) is 6.03 Å². The number of aryl methyl sites for hydroxylation is 3. The normalized spacial score (nSPS) is 15.6. The third kappa shape index (κ3) is 4.85. The van der Waals surface area contributed by atoms with Gasteiger partial charge < -0.3 is 14.6 Å². The van der Waals surface area contributed by atoms with E-state index in [0.29, 0.717) is 24.0 Å². The largest absolute Gasteiger partial charge is 0.497 e. The van der Waals surface area contributed by atoms with Crippen molar-refractivity contribution in [3.8, 4) is 17.1 Å². The fourth-order valence-electron chi connectivity index (χ4n) is 4.65. The van der Waals surface area contributed by atoms with Crippen molar-refractivity contribution in [3.63, 3.8) is 0 Å². The van der Waals surface area contributed by atoms with Gasteiger partial charge in [0.05, 0.1) is 25.3 Å². The first kappa shape index (κ1) is 24.3. The maximum Gasteiger partial charge on any atom is 0.322 e. The fourth-order valence-corrected chi connectivity index (χ4v) is 4.65. The molecule has 2 amide bonds. The lowest BCUT2D eigenvalue weighted by Crippen LogP contribution is -2.45. The Kier molecular flexibility index (Phi) is 6.53. The first-order valence-corrected chi connectivity index (χ1v) is 12.2. The highest BCUT2D eigenvalue weighted by Crippen LogP contribution is 2.38. The van der Waals surface area contributed by atoms with Crippen LogP contribution in [0, 0.1) is 20.8 Å². The van der Waals surface area contributed by atoms with Crippen LogP contribution in [0.25, 0.3) is 17.0 Å². The second-order valence-electron chi connectivity index (χ2n) is 9.46. The minimum absolute atomic E-state index is 0.168. The Balaban J connectivity index is 1.61. The Morgan fingerprint density at radius 2 is 1.78 bits per heavy atom. The number of carbonyl (C=O) groups excluding carboxylic acids is 1. The number of aromatic nitrogens is 2. The van der Waals surface area contributed by atoms with Crippen LogP contribution in [-0.4, -0.2) is 28.2 Å². The molecule has 0 radical (unpaired) electrons. The van der Waals surface area contributed by atoms with Gasteiger partial charge in [0, 0.05) is 11.3 Å². The Morgan fingerprint density at radius 3 is 2.54 bits per heavy atom. The second kappa shape index (κ2) is 9.93. The highest BCUT2D eigenvalue weighted by atomic mass is 16.5. The van der Waals surface area contributed by atoms with E-state index >= 15 is 0 Å². The maximum absolute atomic E-state index is 13.4. The van der Waals surface area contributed by atoms with E-state index in [1.54, 1.807) is 12.0 Å². The van der Waals surface area contributed by atoms with Crippen LogP contribution in [0.2, 0.25) is 0 Å². The van der Waals surface area contributed by atoms with Crippen molar-refractivity contribution in [2.45, 2.75) is 40.3 Å². The second-order valence-corrected chi connectivity index (χ2v) is 9.46. The summed E-state index contributed by atoms with van der Waals surface area (Å²) in [6.07, 6.45) is 0. The monoisotopic (exact) mass is 494 g/mol. The number of methoxy groups -OCH3 is 1. The van der Waals surface area contributed by atoms with Gasteiger partial charge in [-0.05, 0) is 62.1 Å². The van der Waals surface area contributed by atoms with Gasteiger partial charge >= 0.3 is 6.03 Å². The SMILES string of the molecule is COc1cccc(-c2noc(C3=C(C)N(Cc4cccc(C)c4)C(=O)NC3c3ccc(C)c(C)c3)n2)c1. The third-order valence-corrected chi connectivity index (χ3v) is 6.87. The van der Waals surface area contributed by atoms with Gasteiger partial charge in [-0.2, -0.15) is 4.98 Å². The molecule has 0 saturated carbocycles. The molecule has 0 bridgehead atoms. The van der Waals surface area contributed by atoms with Gasteiger partial charge in [-0.15, -0.1) is 0 Å². The molecule has 1 unspecified atom stereocenters. The number of nitrogens with one attached hydrogen (secondary N) is 1. The molecule has 7 nitrogen and oxygen atoms in total. The Morgan fingerprint density at radius 1 is 0.973 bits per heavy atom. The van der Waals surface area contributed by atoms with Gasteiger partial charge in [0.25, 0.3) is 5.89 Å². The van der Waals surface area contributed by atoms with Crippen molar-refractivity contribution in [2.75, 3.05) is 7.11 Å². The van der Waals surface area contributed by atoms with E-state index in [9.17, 15) is 4.79 Å². The molecule has 2 heterocycles. The number of rotatable bonds is 6. The van der Waals surface area contributed by atoms with E-state index in [0.717, 1.165) is 39.1 Å². The number of urea groups is 1. The topological polar surface area (TPSA) is 80.5 Å². The molecule has 0 aliphatic carbocycles. The van der Waals surface area contributed by atoms with Crippen LogP contribution in [0.15, 0.2) is 77.0 Å². The summed E-state index contributed by atoms with van der Waals surface area (Å²) in [7, 11) is 1.62. The zero-order valence-corrected chi connectivity index (χ0v) is 21.7. The molecule has 5 rings (SSSR count). The number of allylic oxidation sites excluding steroid dienone is 1. The number of hydrogen-bond donors (Lipinski definition) is 1. The summed E-state index contributed by atoms with van der Waals surface area (Å²) in [4.78, 5) is 19.9. The van der Waals surface area contributed by atoms with Crippen LogP contribution in [0.4, 0.5) is 4.79 Å². The molecule has 0 spiro atoms. The molecule has 0 fully saturated rings. The minimum Gasteiger partial charge on any atom is -0.497 e. The minimum atomic E-state index is -0.431. The first-order valence-electron chi connectivity index (χ1n) is 12.2. The van der Waals surface area contributed by atoms with E-state index in [2.05, 4.69) is 42.5 Å². The molecule has 7 heteroatoms. The summed E-state index contributed by atoms with van der Waals surface area (Å²) in [6, 6.07) is 21.3. The molecule has 1 aromatic heterocycles. The molecule has 37 heavy (non-hydrogen) atoms. The molecule has 1 aliphatic rings. The Labute approximate surface area is 216 Å². The van der Waals surface area contributed by atoms with Crippen molar-refractivity contribution in [1.29, 1.82) is 0 Å². The van der Waals surface area contributed by atoms with E-state index in [4.69, 9.17) is 14.2 Å². The van der Waals surface area contributed by atoms with Crippen LogP contribution < -0.4 is 10.1 Å². The van der Waals surface area contributed by atoms with Gasteiger partial charge in [-0.25, -0.2) is 4.79 Å². The number of carbonyl (C=O) groups is 1. The van der Waals surface area contributed by atoms with Gasteiger partial charge in [-0.3, -0.25) is 4.90 Å². The molecule has 0 saturated heterocycles. The zero-order valence-electron chi connectivity index (χ0n) is 21.7. The van der Waals surface area contributed by atoms with Gasteiger partial charge in [-0.1, -0.05) is 65.3 Å². The number of hydrogen-bond acceptors (Lipinski definition) is 5. The molecule has 1 atom stereocenters. The van der Waals surface area contributed by atoms with Crippen molar-refractivity contribution in [2.24, 2.45) is 0 Å². The standard InChI is InChI=1S/C30H30N4O3/c1-18-8-6-9-22(14-18)17-34-21(4)26(27(31-30(34)35)23-13-12-19(2)20(3)15-23)29-32-28(33-37-29)24-10-7-11-25(16-24)36-5/h6-16,27H,17H2,1-5H3,(H,31,35). The third-order valence-electron chi connectivity index (χ3n) is 6.87. The molecule has 188 valence electrons. The molecular weight excluding hydrogens is 464 g/mol. The molecule has 4 aromatic rings. The Hall–Kier alpha value is -4.39. The van der Waals surface area contributed by atoms with Gasteiger partial charge in [0.15, 0.2) is 0 Å². The van der Waals surface area contributed by atoms with E-state index in [1.165, 1.54) is 5.56 Å². The number of benzene rings is 3. The van der Waals surface area contributed by atoms with Crippen LogP contribution >= 0.6 is 0 Å². The number of nitrogens with zero attached hydrogens (tertiary/aromatic N) is 3. The van der Waals surface area contributed by atoms with Crippen LogP contribution in [0.5, 0.6) is 5.75 Å². The summed E-state index contributed by atoms with van der Waals surface area (Å²) < 4.78 is 11.2. The van der Waals surface area contributed by atoms with E-state index < -0.39 is 6.04 Å². The van der Waals surface area contributed by atoms with E-state index in [1.807, 2.05) is 62.4 Å². The quantitative estimate of drug-likeness (QED) is 0.337. The smallest absolute Gasteiger partial charge is 0.322 e. The first-order chi connectivity index (χ1) is 17.8. The Bertz CT molecular complexity index is 1500. The van der Waals surface area contributed by atoms with Crippen molar-refractivity contribution >= 4 is 11.6 Å². The highest BCUT2D eigenvalue weighted by Gasteiger charge is 2.36.